The van der Waals surface area contributed by atoms with Crippen molar-refractivity contribution in [2.24, 2.45) is 0 Å². The van der Waals surface area contributed by atoms with Crippen LogP contribution in [0.25, 0.3) is 11.0 Å². The minimum absolute atomic E-state index is 0.0450. The predicted molar refractivity (Wildman–Crippen MR) is 52.4 cm³/mol. The molecule has 0 aromatic carbocycles. The van der Waals surface area contributed by atoms with E-state index in [1.54, 1.807) is 6.20 Å². The van der Waals surface area contributed by atoms with E-state index < -0.39 is 5.97 Å². The molecule has 0 unspecified atom stereocenters. The van der Waals surface area contributed by atoms with Gasteiger partial charge in [0.15, 0.2) is 5.65 Å². The molecule has 0 aliphatic carbocycles. The molecule has 0 saturated heterocycles. The molecule has 78 valence electrons. The topological polar surface area (TPSA) is 104 Å². The van der Waals surface area contributed by atoms with Crippen molar-refractivity contribution in [1.82, 2.24) is 20.2 Å². The van der Waals surface area contributed by atoms with E-state index in [1.165, 1.54) is 6.33 Å². The summed E-state index contributed by atoms with van der Waals surface area (Å²) in [7, 11) is 0. The zero-order valence-corrected chi connectivity index (χ0v) is 7.77. The number of fused-ring (bicyclic) bond motifs is 1. The van der Waals surface area contributed by atoms with Gasteiger partial charge >= 0.3 is 5.97 Å². The van der Waals surface area contributed by atoms with Gasteiger partial charge in [-0.1, -0.05) is 0 Å². The fourth-order valence-electron chi connectivity index (χ4n) is 1.19. The average molecular weight is 207 g/mol. The van der Waals surface area contributed by atoms with Crippen molar-refractivity contribution < 1.29 is 9.90 Å². The molecule has 15 heavy (non-hydrogen) atoms. The highest BCUT2D eigenvalue weighted by molar-refractivity contribution is 5.85. The summed E-state index contributed by atoms with van der Waals surface area (Å²) in [5, 5.41) is 18.7. The quantitative estimate of drug-likeness (QED) is 0.663. The van der Waals surface area contributed by atoms with Crippen LogP contribution in [0.3, 0.4) is 0 Å². The minimum Gasteiger partial charge on any atom is -0.481 e. The van der Waals surface area contributed by atoms with Gasteiger partial charge in [0.05, 0.1) is 18.0 Å². The number of aromatic amines is 1. The summed E-state index contributed by atoms with van der Waals surface area (Å²) in [5.74, 6) is -0.255. The first kappa shape index (κ1) is 9.38. The highest BCUT2D eigenvalue weighted by Gasteiger charge is 2.04. The Balaban J connectivity index is 2.13. The second-order valence-electron chi connectivity index (χ2n) is 2.93. The monoisotopic (exact) mass is 207 g/mol. The second-order valence-corrected chi connectivity index (χ2v) is 2.93. The number of H-pyrrole nitrogens is 1. The first-order valence-electron chi connectivity index (χ1n) is 4.37. The summed E-state index contributed by atoms with van der Waals surface area (Å²) >= 11 is 0. The normalized spacial score (nSPS) is 10.4. The fraction of sp³-hybridized carbons (Fsp3) is 0.250. The van der Waals surface area contributed by atoms with Crippen LogP contribution in [0.5, 0.6) is 0 Å². The zero-order valence-electron chi connectivity index (χ0n) is 7.77. The van der Waals surface area contributed by atoms with Crippen molar-refractivity contribution in [3.05, 3.63) is 12.5 Å². The molecule has 0 aliphatic heterocycles. The van der Waals surface area contributed by atoms with Gasteiger partial charge in [0.2, 0.25) is 0 Å². The lowest BCUT2D eigenvalue weighted by Crippen LogP contribution is -2.08. The fourth-order valence-corrected chi connectivity index (χ4v) is 1.19. The molecule has 0 fully saturated rings. The molecule has 7 heteroatoms. The summed E-state index contributed by atoms with van der Waals surface area (Å²) < 4.78 is 0. The molecular weight excluding hydrogens is 198 g/mol. The summed E-state index contributed by atoms with van der Waals surface area (Å²) in [5.41, 5.74) is 0.628. The van der Waals surface area contributed by atoms with Gasteiger partial charge in [-0.15, -0.1) is 0 Å². The number of carboxylic acids is 1. The molecule has 2 aromatic rings. The van der Waals surface area contributed by atoms with Crippen LogP contribution in [0.1, 0.15) is 6.42 Å². The van der Waals surface area contributed by atoms with Crippen LogP contribution in [0.15, 0.2) is 12.5 Å². The zero-order chi connectivity index (χ0) is 10.7. The lowest BCUT2D eigenvalue weighted by Gasteiger charge is -2.03. The largest absolute Gasteiger partial charge is 0.481 e. The molecule has 0 amide bonds. The van der Waals surface area contributed by atoms with E-state index in [-0.39, 0.29) is 6.42 Å². The number of rotatable bonds is 4. The number of nitrogens with zero attached hydrogens (tertiary/aromatic N) is 3. The molecule has 2 aromatic heterocycles. The van der Waals surface area contributed by atoms with Crippen LogP contribution in [0.4, 0.5) is 5.82 Å². The Bertz CT molecular complexity index is 481. The van der Waals surface area contributed by atoms with E-state index >= 15 is 0 Å². The average Bonchev–Trinajstić information content (AvgIpc) is 2.65. The van der Waals surface area contributed by atoms with Crippen molar-refractivity contribution in [3.63, 3.8) is 0 Å². The molecule has 0 aliphatic rings. The minimum atomic E-state index is -0.847. The van der Waals surface area contributed by atoms with Gasteiger partial charge in [-0.25, -0.2) is 9.97 Å². The molecule has 0 saturated carbocycles. The smallest absolute Gasteiger partial charge is 0.305 e. The van der Waals surface area contributed by atoms with Gasteiger partial charge in [0, 0.05) is 6.54 Å². The number of carboxylic acid groups (broad SMARTS) is 1. The van der Waals surface area contributed by atoms with Gasteiger partial charge in [-0.2, -0.15) is 5.10 Å². The van der Waals surface area contributed by atoms with E-state index in [0.29, 0.717) is 18.0 Å². The Morgan fingerprint density at radius 3 is 3.20 bits per heavy atom. The third-order valence-corrected chi connectivity index (χ3v) is 1.88. The standard InChI is InChI=1S/C8H9N5O2/c14-6(15)1-2-9-7-5-3-12-13-8(5)11-4-10-7/h3-4H,1-2H2,(H,14,15)(H2,9,10,11,12,13). The Hall–Kier alpha value is -2.18. The molecular formula is C8H9N5O2. The number of carbonyl (C=O) groups is 1. The van der Waals surface area contributed by atoms with Crippen LogP contribution in [-0.4, -0.2) is 37.8 Å². The van der Waals surface area contributed by atoms with E-state index in [2.05, 4.69) is 25.5 Å². The first-order chi connectivity index (χ1) is 7.27. The van der Waals surface area contributed by atoms with Gasteiger partial charge in [-0.3, -0.25) is 9.89 Å². The van der Waals surface area contributed by atoms with Crippen molar-refractivity contribution in [2.75, 3.05) is 11.9 Å². The SMILES string of the molecule is O=C(O)CCNc1ncnc2[nH]ncc12. The van der Waals surface area contributed by atoms with E-state index in [0.717, 1.165) is 5.39 Å². The highest BCUT2D eigenvalue weighted by atomic mass is 16.4. The van der Waals surface area contributed by atoms with Crippen molar-refractivity contribution in [2.45, 2.75) is 6.42 Å². The molecule has 0 spiro atoms. The number of anilines is 1. The number of aromatic nitrogens is 4. The lowest BCUT2D eigenvalue weighted by atomic mass is 10.3. The first-order valence-corrected chi connectivity index (χ1v) is 4.37. The highest BCUT2D eigenvalue weighted by Crippen LogP contribution is 2.15. The van der Waals surface area contributed by atoms with Gasteiger partial charge in [-0.05, 0) is 0 Å². The molecule has 3 N–H and O–H groups in total. The molecule has 0 bridgehead atoms. The molecule has 7 nitrogen and oxygen atoms in total. The van der Waals surface area contributed by atoms with Crippen molar-refractivity contribution in [3.8, 4) is 0 Å². The Morgan fingerprint density at radius 1 is 1.53 bits per heavy atom. The number of hydrogen-bond acceptors (Lipinski definition) is 5. The summed E-state index contributed by atoms with van der Waals surface area (Å²) in [6.45, 7) is 0.326. The van der Waals surface area contributed by atoms with Gasteiger partial charge < -0.3 is 10.4 Å². The predicted octanol–water partition coefficient (Wildman–Crippen LogP) is 0.239. The molecule has 2 heterocycles. The summed E-state index contributed by atoms with van der Waals surface area (Å²) in [6, 6.07) is 0. The molecule has 0 radical (unpaired) electrons. The third kappa shape index (κ3) is 2.01. The molecule has 2 rings (SSSR count). The van der Waals surface area contributed by atoms with Crippen LogP contribution in [-0.2, 0) is 4.79 Å². The Labute approximate surface area is 84.6 Å². The van der Waals surface area contributed by atoms with E-state index in [9.17, 15) is 4.79 Å². The maximum atomic E-state index is 10.3. The maximum absolute atomic E-state index is 10.3. The lowest BCUT2D eigenvalue weighted by molar-refractivity contribution is -0.136. The van der Waals surface area contributed by atoms with Crippen LogP contribution >= 0.6 is 0 Å². The molecule has 0 atom stereocenters. The van der Waals surface area contributed by atoms with Gasteiger partial charge in [0.1, 0.15) is 12.1 Å². The number of nitrogens with one attached hydrogen (secondary N) is 2. The van der Waals surface area contributed by atoms with Crippen molar-refractivity contribution >= 4 is 22.8 Å². The number of aliphatic carboxylic acids is 1. The van der Waals surface area contributed by atoms with Gasteiger partial charge in [0.25, 0.3) is 0 Å². The van der Waals surface area contributed by atoms with Crippen LogP contribution in [0, 0.1) is 0 Å². The third-order valence-electron chi connectivity index (χ3n) is 1.88. The number of hydrogen-bond donors (Lipinski definition) is 3. The maximum Gasteiger partial charge on any atom is 0.305 e. The van der Waals surface area contributed by atoms with Crippen molar-refractivity contribution in [1.29, 1.82) is 0 Å². The van der Waals surface area contributed by atoms with Crippen LogP contribution in [0.2, 0.25) is 0 Å². The summed E-state index contributed by atoms with van der Waals surface area (Å²) in [6.07, 6.45) is 3.03. The van der Waals surface area contributed by atoms with E-state index in [1.807, 2.05) is 0 Å². The Morgan fingerprint density at radius 2 is 2.40 bits per heavy atom. The summed E-state index contributed by atoms with van der Waals surface area (Å²) in [4.78, 5) is 18.3. The second kappa shape index (κ2) is 3.91. The Kier molecular flexibility index (Phi) is 2.44. The van der Waals surface area contributed by atoms with Crippen LogP contribution < -0.4 is 5.32 Å². The van der Waals surface area contributed by atoms with E-state index in [4.69, 9.17) is 5.11 Å².